The molecule has 0 unspecified atom stereocenters. The molecule has 1 aliphatic rings. The van der Waals surface area contributed by atoms with E-state index in [0.29, 0.717) is 39.4 Å². The minimum Gasteiger partial charge on any atom is -0.433 e. The molecule has 2 aromatic carbocycles. The van der Waals surface area contributed by atoms with Crippen LogP contribution in [0.4, 0.5) is 19.3 Å². The van der Waals surface area contributed by atoms with E-state index >= 15 is 0 Å². The van der Waals surface area contributed by atoms with E-state index in [1.165, 1.54) is 36.4 Å². The Morgan fingerprint density at radius 2 is 1.68 bits per heavy atom. The molecule has 1 fully saturated rings. The zero-order valence-electron chi connectivity index (χ0n) is 16.8. The molecule has 2 aromatic rings. The Kier molecular flexibility index (Phi) is 7.01. The Balaban J connectivity index is 1.41. The maximum Gasteiger partial charge on any atom is 0.514 e. The summed E-state index contributed by atoms with van der Waals surface area (Å²) in [6, 6.07) is 11.7. The summed E-state index contributed by atoms with van der Waals surface area (Å²) in [5.41, 5.74) is 0.863. The quantitative estimate of drug-likeness (QED) is 0.267. The molecule has 8 nitrogen and oxygen atoms in total. The Morgan fingerprint density at radius 3 is 2.23 bits per heavy atom. The maximum atomic E-state index is 12.9. The van der Waals surface area contributed by atoms with Crippen molar-refractivity contribution < 1.29 is 32.7 Å². The van der Waals surface area contributed by atoms with Crippen LogP contribution < -0.4 is 9.47 Å². The molecule has 0 amide bonds. The number of nitro benzene ring substituents is 1. The van der Waals surface area contributed by atoms with Gasteiger partial charge in [-0.25, -0.2) is 4.79 Å². The Labute approximate surface area is 177 Å². The molecule has 0 bridgehead atoms. The van der Waals surface area contributed by atoms with Gasteiger partial charge in [0.25, 0.3) is 5.69 Å². The van der Waals surface area contributed by atoms with Gasteiger partial charge in [-0.15, -0.1) is 0 Å². The number of hydrogen-bond acceptors (Lipinski definition) is 7. The van der Waals surface area contributed by atoms with Gasteiger partial charge in [0.05, 0.1) is 4.92 Å². The molecule has 0 aromatic heterocycles. The number of non-ortho nitro benzene ring substituents is 1. The van der Waals surface area contributed by atoms with E-state index in [-0.39, 0.29) is 23.3 Å². The number of likely N-dealkylation sites (tertiary alicyclic amines) is 1. The summed E-state index contributed by atoms with van der Waals surface area (Å²) >= 11 is 0. The molecular formula is C21H22F2N2O6. The van der Waals surface area contributed by atoms with E-state index in [9.17, 15) is 23.7 Å². The Morgan fingerprint density at radius 1 is 1.10 bits per heavy atom. The molecule has 10 heteroatoms. The number of rotatable bonds is 7. The summed E-state index contributed by atoms with van der Waals surface area (Å²) in [5.74, 6) is 0.274. The van der Waals surface area contributed by atoms with Crippen molar-refractivity contribution in [3.05, 3.63) is 64.2 Å². The Bertz CT molecular complexity index is 892. The van der Waals surface area contributed by atoms with Crippen molar-refractivity contribution in [2.45, 2.75) is 38.5 Å². The standard InChI is InChI=1S/C21H22F2N2O6/c1-21(22,23)31-19-6-2-15(3-7-19)14-24-12-10-18(11-13-24)30-20(26)29-17-8-4-16(5-9-17)25(27)28/h2-9,18H,10-14H2,1H3. The maximum absolute atomic E-state index is 12.9. The lowest BCUT2D eigenvalue weighted by molar-refractivity contribution is -0.384. The molecule has 0 radical (unpaired) electrons. The van der Waals surface area contributed by atoms with Crippen LogP contribution in [0.1, 0.15) is 25.3 Å². The largest absolute Gasteiger partial charge is 0.514 e. The monoisotopic (exact) mass is 436 g/mol. The van der Waals surface area contributed by atoms with Gasteiger partial charge in [-0.2, -0.15) is 8.78 Å². The van der Waals surface area contributed by atoms with Gasteiger partial charge in [0.2, 0.25) is 0 Å². The zero-order valence-corrected chi connectivity index (χ0v) is 16.8. The summed E-state index contributed by atoms with van der Waals surface area (Å²) < 4.78 is 40.7. The third kappa shape index (κ3) is 7.18. The number of nitro groups is 1. The lowest BCUT2D eigenvalue weighted by Gasteiger charge is -2.31. The first kappa shape index (κ1) is 22.4. The lowest BCUT2D eigenvalue weighted by Crippen LogP contribution is -2.37. The second-order valence-corrected chi connectivity index (χ2v) is 7.25. The van der Waals surface area contributed by atoms with Crippen molar-refractivity contribution in [3.8, 4) is 11.5 Å². The van der Waals surface area contributed by atoms with E-state index in [1.807, 2.05) is 0 Å². The van der Waals surface area contributed by atoms with Crippen molar-refractivity contribution in [2.75, 3.05) is 13.1 Å². The summed E-state index contributed by atoms with van der Waals surface area (Å²) in [6.07, 6.45) is -3.11. The molecule has 1 saturated heterocycles. The first-order valence-corrected chi connectivity index (χ1v) is 9.69. The first-order chi connectivity index (χ1) is 14.7. The van der Waals surface area contributed by atoms with Crippen LogP contribution in [0.3, 0.4) is 0 Å². The van der Waals surface area contributed by atoms with E-state index in [1.54, 1.807) is 12.1 Å². The second kappa shape index (κ2) is 9.69. The van der Waals surface area contributed by atoms with Gasteiger partial charge in [0.15, 0.2) is 0 Å². The van der Waals surface area contributed by atoms with Crippen molar-refractivity contribution in [1.82, 2.24) is 4.90 Å². The number of halogens is 2. The highest BCUT2D eigenvalue weighted by Gasteiger charge is 2.24. The predicted octanol–water partition coefficient (Wildman–Crippen LogP) is 4.77. The van der Waals surface area contributed by atoms with Crippen LogP contribution in [0.5, 0.6) is 11.5 Å². The minimum absolute atomic E-state index is 0.0986. The Hall–Kier alpha value is -3.27. The van der Waals surface area contributed by atoms with Crippen LogP contribution in [0.25, 0.3) is 0 Å². The molecule has 0 aliphatic carbocycles. The molecule has 1 aliphatic heterocycles. The molecule has 166 valence electrons. The fourth-order valence-corrected chi connectivity index (χ4v) is 3.21. The van der Waals surface area contributed by atoms with Crippen molar-refractivity contribution in [1.29, 1.82) is 0 Å². The molecule has 0 spiro atoms. The lowest BCUT2D eigenvalue weighted by atomic mass is 10.1. The number of ether oxygens (including phenoxy) is 3. The first-order valence-electron chi connectivity index (χ1n) is 9.69. The van der Waals surface area contributed by atoms with E-state index in [2.05, 4.69) is 9.64 Å². The van der Waals surface area contributed by atoms with Crippen LogP contribution in [-0.2, 0) is 11.3 Å². The van der Waals surface area contributed by atoms with Crippen LogP contribution in [-0.4, -0.2) is 41.3 Å². The van der Waals surface area contributed by atoms with Crippen LogP contribution in [0, 0.1) is 10.1 Å². The third-order valence-electron chi connectivity index (χ3n) is 4.67. The van der Waals surface area contributed by atoms with E-state index < -0.39 is 17.2 Å². The third-order valence-corrected chi connectivity index (χ3v) is 4.67. The van der Waals surface area contributed by atoms with Crippen molar-refractivity contribution in [3.63, 3.8) is 0 Å². The zero-order chi connectivity index (χ0) is 22.4. The van der Waals surface area contributed by atoms with Gasteiger partial charge < -0.3 is 14.2 Å². The minimum atomic E-state index is -3.22. The molecule has 1 heterocycles. The summed E-state index contributed by atoms with van der Waals surface area (Å²) in [6.45, 7) is 2.72. The molecule has 0 saturated carbocycles. The number of benzene rings is 2. The molecule has 31 heavy (non-hydrogen) atoms. The smallest absolute Gasteiger partial charge is 0.433 e. The molecule has 0 atom stereocenters. The van der Waals surface area contributed by atoms with Crippen molar-refractivity contribution >= 4 is 11.8 Å². The number of piperidine rings is 1. The predicted molar refractivity (Wildman–Crippen MR) is 106 cm³/mol. The number of carbonyl (C=O) groups is 1. The van der Waals surface area contributed by atoms with Gasteiger partial charge in [-0.3, -0.25) is 15.0 Å². The fourth-order valence-electron chi connectivity index (χ4n) is 3.21. The number of nitrogens with zero attached hydrogens (tertiary/aromatic N) is 2. The van der Waals surface area contributed by atoms with Crippen LogP contribution >= 0.6 is 0 Å². The SMILES string of the molecule is CC(F)(F)Oc1ccc(CN2CCC(OC(=O)Oc3ccc([N+](=O)[O-])cc3)CC2)cc1. The number of alkyl halides is 2. The normalized spacial score (nSPS) is 15.3. The summed E-state index contributed by atoms with van der Waals surface area (Å²) in [7, 11) is 0. The van der Waals surface area contributed by atoms with Crippen molar-refractivity contribution in [2.24, 2.45) is 0 Å². The molecule has 0 N–H and O–H groups in total. The number of carbonyl (C=O) groups excluding carboxylic acids is 1. The number of hydrogen-bond donors (Lipinski definition) is 0. The average Bonchev–Trinajstić information content (AvgIpc) is 2.70. The van der Waals surface area contributed by atoms with Crippen LogP contribution in [0.2, 0.25) is 0 Å². The molecule has 3 rings (SSSR count). The molecular weight excluding hydrogens is 414 g/mol. The second-order valence-electron chi connectivity index (χ2n) is 7.25. The highest BCUT2D eigenvalue weighted by Crippen LogP contribution is 2.23. The van der Waals surface area contributed by atoms with Gasteiger partial charge in [0.1, 0.15) is 17.6 Å². The van der Waals surface area contributed by atoms with Gasteiger partial charge in [-0.05, 0) is 42.7 Å². The van der Waals surface area contributed by atoms with Gasteiger partial charge in [-0.1, -0.05) is 12.1 Å². The summed E-state index contributed by atoms with van der Waals surface area (Å²) in [4.78, 5) is 24.2. The van der Waals surface area contributed by atoms with E-state index in [4.69, 9.17) is 9.47 Å². The average molecular weight is 436 g/mol. The highest BCUT2D eigenvalue weighted by molar-refractivity contribution is 5.64. The summed E-state index contributed by atoms with van der Waals surface area (Å²) in [5, 5.41) is 10.6. The fraction of sp³-hybridized carbons (Fsp3) is 0.381. The van der Waals surface area contributed by atoms with Gasteiger partial charge >= 0.3 is 12.3 Å². The van der Waals surface area contributed by atoms with Crippen LogP contribution in [0.15, 0.2) is 48.5 Å². The van der Waals surface area contributed by atoms with E-state index in [0.717, 1.165) is 5.56 Å². The van der Waals surface area contributed by atoms with Gasteiger partial charge in [0, 0.05) is 38.7 Å². The highest BCUT2D eigenvalue weighted by atomic mass is 19.3. The topological polar surface area (TPSA) is 91.1 Å².